The number of aromatic nitrogens is 3. The van der Waals surface area contributed by atoms with Gasteiger partial charge in [-0.25, -0.2) is 9.97 Å². The number of nitrogen functional groups attached to an aromatic ring is 1. The Balaban J connectivity index is 1.81. The maximum absolute atomic E-state index is 12.7. The second-order valence-corrected chi connectivity index (χ2v) is 5.42. The Hall–Kier alpha value is -3.47. The van der Waals surface area contributed by atoms with Gasteiger partial charge in [-0.2, -0.15) is 0 Å². The van der Waals surface area contributed by atoms with Crippen molar-refractivity contribution in [1.82, 2.24) is 15.0 Å². The fraction of sp³-hybridized carbons (Fsp3) is 0. The van der Waals surface area contributed by atoms with Crippen LogP contribution in [0.4, 0.5) is 5.82 Å². The molecule has 0 spiro atoms. The maximum Gasteiger partial charge on any atom is 0.215 e. The van der Waals surface area contributed by atoms with Crippen molar-refractivity contribution in [3.63, 3.8) is 0 Å². The summed E-state index contributed by atoms with van der Waals surface area (Å²) in [6.45, 7) is 0. The zero-order valence-corrected chi connectivity index (χ0v) is 12.7. The van der Waals surface area contributed by atoms with Crippen molar-refractivity contribution in [3.05, 3.63) is 78.2 Å². The summed E-state index contributed by atoms with van der Waals surface area (Å²) < 4.78 is 0. The molecule has 3 N–H and O–H groups in total. The Bertz CT molecular complexity index is 1050. The summed E-state index contributed by atoms with van der Waals surface area (Å²) >= 11 is 0. The first-order valence-corrected chi connectivity index (χ1v) is 7.53. The number of aromatic amines is 1. The van der Waals surface area contributed by atoms with Gasteiger partial charge in [0.05, 0.1) is 11.3 Å². The second-order valence-electron chi connectivity index (χ2n) is 5.42. The third-order valence-corrected chi connectivity index (χ3v) is 3.94. The van der Waals surface area contributed by atoms with Gasteiger partial charge < -0.3 is 10.7 Å². The Labute approximate surface area is 138 Å². The SMILES string of the molecule is Nc1ncccc1C(=O)c1cccc(-c2cccc3[nH]ccc23)n1. The highest BCUT2D eigenvalue weighted by Gasteiger charge is 2.15. The van der Waals surface area contributed by atoms with Gasteiger partial charge in [0.2, 0.25) is 5.78 Å². The predicted molar refractivity (Wildman–Crippen MR) is 93.6 cm³/mol. The molecule has 1 aromatic carbocycles. The molecule has 0 atom stereocenters. The Morgan fingerprint density at radius 3 is 2.75 bits per heavy atom. The van der Waals surface area contributed by atoms with E-state index in [1.807, 2.05) is 42.6 Å². The first-order chi connectivity index (χ1) is 11.7. The highest BCUT2D eigenvalue weighted by molar-refractivity contribution is 6.10. The number of pyridine rings is 2. The number of carbonyl (C=O) groups is 1. The van der Waals surface area contributed by atoms with Crippen LogP contribution >= 0.6 is 0 Å². The first-order valence-electron chi connectivity index (χ1n) is 7.53. The van der Waals surface area contributed by atoms with Gasteiger partial charge in [-0.15, -0.1) is 0 Å². The lowest BCUT2D eigenvalue weighted by Gasteiger charge is -2.07. The molecule has 5 heteroatoms. The summed E-state index contributed by atoms with van der Waals surface area (Å²) in [5, 5.41) is 1.07. The monoisotopic (exact) mass is 314 g/mol. The number of hydrogen-bond acceptors (Lipinski definition) is 4. The van der Waals surface area contributed by atoms with E-state index in [9.17, 15) is 4.79 Å². The molecule has 3 aromatic heterocycles. The van der Waals surface area contributed by atoms with Crippen molar-refractivity contribution < 1.29 is 4.79 Å². The van der Waals surface area contributed by atoms with Gasteiger partial charge in [0.15, 0.2) is 0 Å². The molecule has 0 unspecified atom stereocenters. The summed E-state index contributed by atoms with van der Waals surface area (Å²) in [6, 6.07) is 16.7. The number of benzene rings is 1. The minimum atomic E-state index is -0.233. The number of anilines is 1. The van der Waals surface area contributed by atoms with Crippen molar-refractivity contribution in [2.24, 2.45) is 0 Å². The molecular weight excluding hydrogens is 300 g/mol. The molecule has 0 fully saturated rings. The fourth-order valence-corrected chi connectivity index (χ4v) is 2.77. The molecule has 0 amide bonds. The van der Waals surface area contributed by atoms with Crippen molar-refractivity contribution in [3.8, 4) is 11.3 Å². The minimum absolute atomic E-state index is 0.211. The summed E-state index contributed by atoms with van der Waals surface area (Å²) in [7, 11) is 0. The number of rotatable bonds is 3. The number of fused-ring (bicyclic) bond motifs is 1. The normalized spacial score (nSPS) is 10.8. The van der Waals surface area contributed by atoms with Crippen molar-refractivity contribution >= 4 is 22.5 Å². The van der Waals surface area contributed by atoms with E-state index in [0.717, 1.165) is 22.2 Å². The van der Waals surface area contributed by atoms with Gasteiger partial charge in [-0.1, -0.05) is 18.2 Å². The minimum Gasteiger partial charge on any atom is -0.383 e. The van der Waals surface area contributed by atoms with Crippen LogP contribution in [-0.4, -0.2) is 20.7 Å². The zero-order valence-electron chi connectivity index (χ0n) is 12.7. The molecule has 0 aliphatic heterocycles. The van der Waals surface area contributed by atoms with Gasteiger partial charge in [0, 0.05) is 28.9 Å². The number of ketones is 1. The van der Waals surface area contributed by atoms with Gasteiger partial charge in [0.25, 0.3) is 0 Å². The number of nitrogens with two attached hydrogens (primary N) is 1. The van der Waals surface area contributed by atoms with E-state index in [0.29, 0.717) is 11.3 Å². The smallest absolute Gasteiger partial charge is 0.215 e. The van der Waals surface area contributed by atoms with Crippen LogP contribution in [0.2, 0.25) is 0 Å². The van der Waals surface area contributed by atoms with Crippen molar-refractivity contribution in [2.45, 2.75) is 0 Å². The fourth-order valence-electron chi connectivity index (χ4n) is 2.77. The first kappa shape index (κ1) is 14.1. The largest absolute Gasteiger partial charge is 0.383 e. The average Bonchev–Trinajstić information content (AvgIpc) is 3.10. The summed E-state index contributed by atoms with van der Waals surface area (Å²) in [4.78, 5) is 24.4. The molecule has 0 bridgehead atoms. The van der Waals surface area contributed by atoms with Crippen LogP contribution in [0.1, 0.15) is 16.1 Å². The zero-order chi connectivity index (χ0) is 16.5. The molecule has 0 aliphatic carbocycles. The van der Waals surface area contributed by atoms with E-state index in [1.165, 1.54) is 0 Å². The third-order valence-electron chi connectivity index (χ3n) is 3.94. The van der Waals surface area contributed by atoms with E-state index in [1.54, 1.807) is 24.4 Å². The van der Waals surface area contributed by atoms with Crippen LogP contribution in [0.15, 0.2) is 67.0 Å². The van der Waals surface area contributed by atoms with Crippen LogP contribution in [0, 0.1) is 0 Å². The average molecular weight is 314 g/mol. The molecular formula is C19H14N4O. The van der Waals surface area contributed by atoms with Crippen LogP contribution in [0.25, 0.3) is 22.2 Å². The Morgan fingerprint density at radius 1 is 1.00 bits per heavy atom. The number of carbonyl (C=O) groups excluding carboxylic acids is 1. The second kappa shape index (κ2) is 5.62. The van der Waals surface area contributed by atoms with Crippen LogP contribution < -0.4 is 5.73 Å². The molecule has 116 valence electrons. The lowest BCUT2D eigenvalue weighted by atomic mass is 10.0. The van der Waals surface area contributed by atoms with Gasteiger partial charge in [0.1, 0.15) is 11.5 Å². The topological polar surface area (TPSA) is 84.7 Å². The van der Waals surface area contributed by atoms with E-state index in [-0.39, 0.29) is 11.6 Å². The van der Waals surface area contributed by atoms with Crippen LogP contribution in [-0.2, 0) is 0 Å². The van der Waals surface area contributed by atoms with E-state index in [2.05, 4.69) is 15.0 Å². The summed E-state index contributed by atoms with van der Waals surface area (Å²) in [5.74, 6) is -0.0221. The molecule has 4 rings (SSSR count). The molecule has 24 heavy (non-hydrogen) atoms. The van der Waals surface area contributed by atoms with E-state index in [4.69, 9.17) is 5.73 Å². The molecule has 5 nitrogen and oxygen atoms in total. The van der Waals surface area contributed by atoms with Crippen molar-refractivity contribution in [1.29, 1.82) is 0 Å². The molecule has 3 heterocycles. The molecule has 0 aliphatic rings. The predicted octanol–water partition coefficient (Wildman–Crippen LogP) is 3.44. The van der Waals surface area contributed by atoms with E-state index < -0.39 is 0 Å². The maximum atomic E-state index is 12.7. The third kappa shape index (κ3) is 2.32. The van der Waals surface area contributed by atoms with Gasteiger partial charge in [-0.3, -0.25) is 4.79 Å². The Morgan fingerprint density at radius 2 is 1.88 bits per heavy atom. The quantitative estimate of drug-likeness (QED) is 0.567. The molecule has 0 radical (unpaired) electrons. The highest BCUT2D eigenvalue weighted by Crippen LogP contribution is 2.27. The lowest BCUT2D eigenvalue weighted by Crippen LogP contribution is -2.08. The van der Waals surface area contributed by atoms with Crippen molar-refractivity contribution in [2.75, 3.05) is 5.73 Å². The van der Waals surface area contributed by atoms with Crippen LogP contribution in [0.3, 0.4) is 0 Å². The van der Waals surface area contributed by atoms with E-state index >= 15 is 0 Å². The number of nitrogens with zero attached hydrogens (tertiary/aromatic N) is 2. The molecule has 0 saturated heterocycles. The summed E-state index contributed by atoms with van der Waals surface area (Å²) in [6.07, 6.45) is 3.45. The number of hydrogen-bond donors (Lipinski definition) is 2. The molecule has 4 aromatic rings. The highest BCUT2D eigenvalue weighted by atomic mass is 16.1. The van der Waals surface area contributed by atoms with Gasteiger partial charge >= 0.3 is 0 Å². The lowest BCUT2D eigenvalue weighted by molar-refractivity contribution is 0.103. The number of nitrogens with one attached hydrogen (secondary N) is 1. The summed E-state index contributed by atoms with van der Waals surface area (Å²) in [5.41, 5.74) is 9.26. The molecule has 0 saturated carbocycles. The Kier molecular flexibility index (Phi) is 3.31. The standard InChI is InChI=1S/C19H14N4O/c20-19-14(5-3-10-22-19)18(24)17-8-2-7-16(23-17)12-4-1-6-15-13(12)9-11-21-15/h1-11,21H,(H2,20,22). The van der Waals surface area contributed by atoms with Gasteiger partial charge in [-0.05, 0) is 36.4 Å². The van der Waals surface area contributed by atoms with Crippen LogP contribution in [0.5, 0.6) is 0 Å². The number of H-pyrrole nitrogens is 1.